The third kappa shape index (κ3) is 4.69. The van der Waals surface area contributed by atoms with Crippen LogP contribution in [0.25, 0.3) is 0 Å². The second kappa shape index (κ2) is 7.45. The average Bonchev–Trinajstić information content (AvgIpc) is 3.22. The van der Waals surface area contributed by atoms with Crippen LogP contribution in [-0.2, 0) is 11.3 Å². The standard InChI is InChI=1S/C15H24N6O2/c1-16-15(17-10-14(22)18-12-2-3-12)21-7-5-20(6-8-21)11-13-4-9-23-19-13/h4,9,12H,2-3,5-8,10-11H2,1H3,(H,16,17)(H,18,22). The fourth-order valence-corrected chi connectivity index (χ4v) is 2.66. The molecule has 8 heteroatoms. The number of carbonyl (C=O) groups excluding carboxylic acids is 1. The highest BCUT2D eigenvalue weighted by Gasteiger charge is 2.24. The number of nitrogens with zero attached hydrogens (tertiary/aromatic N) is 4. The van der Waals surface area contributed by atoms with Crippen LogP contribution in [0, 0.1) is 0 Å². The molecule has 1 aromatic heterocycles. The molecule has 0 bridgehead atoms. The first-order valence-corrected chi connectivity index (χ1v) is 8.11. The van der Waals surface area contributed by atoms with Crippen molar-refractivity contribution in [3.63, 3.8) is 0 Å². The van der Waals surface area contributed by atoms with Crippen LogP contribution in [0.4, 0.5) is 0 Å². The molecule has 2 N–H and O–H groups in total. The van der Waals surface area contributed by atoms with Gasteiger partial charge in [-0.15, -0.1) is 0 Å². The summed E-state index contributed by atoms with van der Waals surface area (Å²) in [6, 6.07) is 2.29. The van der Waals surface area contributed by atoms with Gasteiger partial charge in [0.1, 0.15) is 6.26 Å². The predicted octanol–water partition coefficient (Wildman–Crippen LogP) is -0.354. The molecule has 0 atom stereocenters. The van der Waals surface area contributed by atoms with Crippen LogP contribution in [0.15, 0.2) is 21.8 Å². The quantitative estimate of drug-likeness (QED) is 0.569. The molecule has 8 nitrogen and oxygen atoms in total. The first-order chi connectivity index (χ1) is 11.2. The van der Waals surface area contributed by atoms with Gasteiger partial charge in [0.05, 0.1) is 12.2 Å². The van der Waals surface area contributed by atoms with E-state index in [1.54, 1.807) is 13.3 Å². The Morgan fingerprint density at radius 3 is 2.78 bits per heavy atom. The van der Waals surface area contributed by atoms with Gasteiger partial charge >= 0.3 is 0 Å². The van der Waals surface area contributed by atoms with E-state index in [0.717, 1.165) is 57.2 Å². The lowest BCUT2D eigenvalue weighted by molar-refractivity contribution is -0.120. The second-order valence-corrected chi connectivity index (χ2v) is 6.00. The zero-order chi connectivity index (χ0) is 16.1. The van der Waals surface area contributed by atoms with Crippen LogP contribution in [-0.4, -0.2) is 72.6 Å². The molecule has 0 spiro atoms. The van der Waals surface area contributed by atoms with E-state index in [0.29, 0.717) is 6.04 Å². The summed E-state index contributed by atoms with van der Waals surface area (Å²) >= 11 is 0. The van der Waals surface area contributed by atoms with Crippen molar-refractivity contribution in [3.8, 4) is 0 Å². The van der Waals surface area contributed by atoms with Gasteiger partial charge in [0.2, 0.25) is 5.91 Å². The van der Waals surface area contributed by atoms with Gasteiger partial charge in [0, 0.05) is 51.9 Å². The molecule has 1 amide bonds. The molecular weight excluding hydrogens is 296 g/mol. The number of guanidine groups is 1. The highest BCUT2D eigenvalue weighted by molar-refractivity contribution is 5.86. The van der Waals surface area contributed by atoms with E-state index in [2.05, 4.69) is 30.6 Å². The fraction of sp³-hybridized carbons (Fsp3) is 0.667. The predicted molar refractivity (Wildman–Crippen MR) is 85.9 cm³/mol. The second-order valence-electron chi connectivity index (χ2n) is 6.00. The summed E-state index contributed by atoms with van der Waals surface area (Å²) in [4.78, 5) is 20.6. The van der Waals surface area contributed by atoms with Gasteiger partial charge in [-0.1, -0.05) is 5.16 Å². The molecule has 1 aromatic rings. The number of piperazine rings is 1. The molecule has 2 heterocycles. The highest BCUT2D eigenvalue weighted by atomic mass is 16.5. The van der Waals surface area contributed by atoms with Crippen LogP contribution in [0.1, 0.15) is 18.5 Å². The number of aliphatic imine (C=N–C) groups is 1. The Labute approximate surface area is 135 Å². The molecule has 126 valence electrons. The number of hydrogen-bond acceptors (Lipinski definition) is 5. The first kappa shape index (κ1) is 15.8. The summed E-state index contributed by atoms with van der Waals surface area (Å²) in [5, 5.41) is 10.1. The van der Waals surface area contributed by atoms with Crippen LogP contribution in [0.2, 0.25) is 0 Å². The van der Waals surface area contributed by atoms with Gasteiger partial charge in [0.25, 0.3) is 0 Å². The maximum absolute atomic E-state index is 11.8. The van der Waals surface area contributed by atoms with Gasteiger partial charge in [-0.3, -0.25) is 14.7 Å². The summed E-state index contributed by atoms with van der Waals surface area (Å²) in [6.45, 7) is 4.70. The largest absolute Gasteiger partial charge is 0.364 e. The molecule has 1 saturated carbocycles. The lowest BCUT2D eigenvalue weighted by Crippen LogP contribution is -2.53. The average molecular weight is 320 g/mol. The molecule has 1 aliphatic heterocycles. The topological polar surface area (TPSA) is 86.0 Å². The van der Waals surface area contributed by atoms with Gasteiger partial charge in [-0.2, -0.15) is 0 Å². The van der Waals surface area contributed by atoms with E-state index in [9.17, 15) is 4.79 Å². The monoisotopic (exact) mass is 320 g/mol. The van der Waals surface area contributed by atoms with Crippen molar-refractivity contribution >= 4 is 11.9 Å². The van der Waals surface area contributed by atoms with Crippen molar-refractivity contribution in [3.05, 3.63) is 18.0 Å². The molecule has 2 aliphatic rings. The van der Waals surface area contributed by atoms with Crippen molar-refractivity contribution in [1.29, 1.82) is 0 Å². The SMILES string of the molecule is CN=C(NCC(=O)NC1CC1)N1CCN(Cc2ccon2)CC1. The van der Waals surface area contributed by atoms with Crippen molar-refractivity contribution in [2.24, 2.45) is 4.99 Å². The van der Waals surface area contributed by atoms with Gasteiger partial charge in [-0.05, 0) is 12.8 Å². The molecule has 0 unspecified atom stereocenters. The lowest BCUT2D eigenvalue weighted by atomic mass is 10.3. The number of amides is 1. The Kier molecular flexibility index (Phi) is 5.12. The normalized spacial score (nSPS) is 19.7. The Balaban J connectivity index is 1.40. The summed E-state index contributed by atoms with van der Waals surface area (Å²) in [5.74, 6) is 0.829. The molecule has 0 aromatic carbocycles. The van der Waals surface area contributed by atoms with Crippen molar-refractivity contribution in [1.82, 2.24) is 25.6 Å². The minimum absolute atomic E-state index is 0.0401. The third-order valence-electron chi connectivity index (χ3n) is 4.11. The molecule has 3 rings (SSSR count). The van der Waals surface area contributed by atoms with E-state index < -0.39 is 0 Å². The van der Waals surface area contributed by atoms with Crippen LogP contribution in [0.5, 0.6) is 0 Å². The molecular formula is C15H24N6O2. The van der Waals surface area contributed by atoms with Crippen LogP contribution >= 0.6 is 0 Å². The summed E-state index contributed by atoms with van der Waals surface area (Å²) < 4.78 is 4.86. The van der Waals surface area contributed by atoms with Crippen molar-refractivity contribution < 1.29 is 9.32 Å². The third-order valence-corrected chi connectivity index (χ3v) is 4.11. The zero-order valence-electron chi connectivity index (χ0n) is 13.5. The van der Waals surface area contributed by atoms with E-state index in [-0.39, 0.29) is 12.5 Å². The van der Waals surface area contributed by atoms with Crippen molar-refractivity contribution in [2.75, 3.05) is 39.8 Å². The van der Waals surface area contributed by atoms with Crippen LogP contribution < -0.4 is 10.6 Å². The van der Waals surface area contributed by atoms with Gasteiger partial charge in [-0.25, -0.2) is 0 Å². The van der Waals surface area contributed by atoms with Crippen LogP contribution in [0.3, 0.4) is 0 Å². The smallest absolute Gasteiger partial charge is 0.239 e. The number of hydrogen-bond donors (Lipinski definition) is 2. The highest BCUT2D eigenvalue weighted by Crippen LogP contribution is 2.18. The van der Waals surface area contributed by atoms with E-state index in [1.807, 2.05) is 6.07 Å². The Morgan fingerprint density at radius 2 is 2.17 bits per heavy atom. The molecule has 0 radical (unpaired) electrons. The minimum Gasteiger partial charge on any atom is -0.364 e. The van der Waals surface area contributed by atoms with Gasteiger partial charge < -0.3 is 20.1 Å². The molecule has 23 heavy (non-hydrogen) atoms. The number of rotatable bonds is 5. The minimum atomic E-state index is 0.0401. The molecule has 1 aliphatic carbocycles. The number of carbonyl (C=O) groups is 1. The van der Waals surface area contributed by atoms with Crippen molar-refractivity contribution in [2.45, 2.75) is 25.4 Å². The number of aromatic nitrogens is 1. The summed E-state index contributed by atoms with van der Waals surface area (Å²) in [6.07, 6.45) is 3.81. The maximum Gasteiger partial charge on any atom is 0.239 e. The van der Waals surface area contributed by atoms with E-state index in [4.69, 9.17) is 4.52 Å². The van der Waals surface area contributed by atoms with Gasteiger partial charge in [0.15, 0.2) is 5.96 Å². The Morgan fingerprint density at radius 1 is 1.39 bits per heavy atom. The Bertz CT molecular complexity index is 532. The summed E-state index contributed by atoms with van der Waals surface area (Å²) in [7, 11) is 1.75. The van der Waals surface area contributed by atoms with E-state index in [1.165, 1.54) is 0 Å². The summed E-state index contributed by atoms with van der Waals surface area (Å²) in [5.41, 5.74) is 0.956. The first-order valence-electron chi connectivity index (χ1n) is 8.11. The zero-order valence-corrected chi connectivity index (χ0v) is 13.5. The lowest BCUT2D eigenvalue weighted by Gasteiger charge is -2.36. The Hall–Kier alpha value is -2.09. The molecule has 2 fully saturated rings. The maximum atomic E-state index is 11.8. The number of nitrogens with one attached hydrogen (secondary N) is 2. The fourth-order valence-electron chi connectivity index (χ4n) is 2.66. The molecule has 1 saturated heterocycles. The van der Waals surface area contributed by atoms with E-state index >= 15 is 0 Å².